The maximum atomic E-state index is 6.75. The van der Waals surface area contributed by atoms with Crippen LogP contribution in [0.1, 0.15) is 0 Å². The van der Waals surface area contributed by atoms with Crippen molar-refractivity contribution in [1.29, 1.82) is 1.28 Å². The number of hydrogen-bond donors (Lipinski definition) is 0. The summed E-state index contributed by atoms with van der Waals surface area (Å²) in [5.41, 5.74) is 0. The molecule has 0 aliphatic carbocycles. The third kappa shape index (κ3) is 1.21. The lowest BCUT2D eigenvalue weighted by Gasteiger charge is -1.93. The Bertz CT molecular complexity index is 166. The third-order valence-electron chi connectivity index (χ3n) is 0.861. The van der Waals surface area contributed by atoms with Crippen LogP contribution in [0.25, 0.3) is 0 Å². The Morgan fingerprint density at radius 1 is 1.38 bits per heavy atom. The molecule has 8 heavy (non-hydrogen) atoms. The molecule has 1 rings (SSSR count). The van der Waals surface area contributed by atoms with Gasteiger partial charge in [-0.25, -0.2) is 0 Å². The molecule has 1 unspecified atom stereocenters. The molecule has 0 aliphatic heterocycles. The van der Waals surface area contributed by atoms with E-state index in [1.54, 1.807) is 0 Å². The minimum atomic E-state index is -0.215. The first-order valence-corrected chi connectivity index (χ1v) is 2.73. The van der Waals surface area contributed by atoms with Gasteiger partial charge >= 0.3 is 0 Å². The Morgan fingerprint density at radius 2 is 2.12 bits per heavy atom. The largest absolute Gasteiger partial charge is 0.480 e. The van der Waals surface area contributed by atoms with E-state index in [4.69, 9.17) is 5.80 Å². The number of rotatable bonds is 2. The number of hydrogen-bond acceptors (Lipinski definition) is 1. The van der Waals surface area contributed by atoms with Crippen molar-refractivity contribution in [2.45, 2.75) is 0 Å². The predicted octanol–water partition coefficient (Wildman–Crippen LogP) is 1.86. The van der Waals surface area contributed by atoms with Crippen LogP contribution in [0, 0.1) is 0 Å². The highest BCUT2D eigenvalue weighted by Crippen LogP contribution is 2.09. The lowest BCUT2D eigenvalue weighted by Crippen LogP contribution is -1.68. The zero-order valence-corrected chi connectivity index (χ0v) is 5.29. The first kappa shape index (κ1) is 4.34. The minimum Gasteiger partial charge on any atom is -0.480 e. The average molecular weight is 128 g/mol. The van der Waals surface area contributed by atoms with Crippen molar-refractivity contribution >= 4 is 9.41 Å². The summed E-state index contributed by atoms with van der Waals surface area (Å²) in [5, 5.41) is 0. The fourth-order valence-corrected chi connectivity index (χ4v) is 0.625. The molecule has 0 radical (unpaired) electrons. The molecule has 2 heteroatoms. The van der Waals surface area contributed by atoms with Crippen LogP contribution in [0.5, 0.6) is 5.75 Å². The number of para-hydroxylation sites is 1. The van der Waals surface area contributed by atoms with Crippen molar-refractivity contribution in [2.75, 3.05) is 0 Å². The monoisotopic (exact) mass is 128 g/mol. The van der Waals surface area contributed by atoms with Gasteiger partial charge in [0.05, 0.1) is 10.7 Å². The molecule has 0 fully saturated rings. The van der Waals surface area contributed by atoms with Crippen molar-refractivity contribution in [1.82, 2.24) is 0 Å². The molecule has 1 atom stereocenters. The van der Waals surface area contributed by atoms with Crippen molar-refractivity contribution < 1.29 is 4.52 Å². The predicted molar refractivity (Wildman–Crippen MR) is 36.8 cm³/mol. The zero-order chi connectivity index (χ0) is 6.53. The Hall–Kier alpha value is -0.550. The van der Waals surface area contributed by atoms with Gasteiger partial charge in [-0.2, -0.15) is 0 Å². The molecule has 0 saturated heterocycles. The fourth-order valence-electron chi connectivity index (χ4n) is 0.489. The van der Waals surface area contributed by atoms with E-state index >= 15 is 0 Å². The second-order valence-corrected chi connectivity index (χ2v) is 1.62. The van der Waals surface area contributed by atoms with E-state index < -0.39 is 0 Å². The smallest absolute Gasteiger partial charge is 0.122 e. The summed E-state index contributed by atoms with van der Waals surface area (Å²) >= 11 is 0. The second-order valence-electron chi connectivity index (χ2n) is 1.42. The SMILES string of the molecule is [3H]POc1ccccc1. The lowest BCUT2D eigenvalue weighted by atomic mass is 10.3. The molecule has 0 heterocycles. The Balaban J connectivity index is 2.61. The highest BCUT2D eigenvalue weighted by Gasteiger charge is 1.80. The van der Waals surface area contributed by atoms with Gasteiger partial charge in [-0.3, -0.25) is 0 Å². The van der Waals surface area contributed by atoms with Crippen LogP contribution < -0.4 is 4.52 Å². The highest BCUT2D eigenvalue weighted by molar-refractivity contribution is 7.10. The molecular weight excluding hydrogens is 119 g/mol. The van der Waals surface area contributed by atoms with Gasteiger partial charge in [-0.15, -0.1) is 0 Å². The van der Waals surface area contributed by atoms with Crippen LogP contribution in [0.2, 0.25) is 0 Å². The molecular formula is C6H7OP. The highest BCUT2D eigenvalue weighted by atomic mass is 31.0. The molecule has 1 nitrogen and oxygen atoms in total. The van der Waals surface area contributed by atoms with Crippen molar-refractivity contribution in [3.63, 3.8) is 0 Å². The van der Waals surface area contributed by atoms with E-state index in [2.05, 4.69) is 0 Å². The molecule has 1 aromatic carbocycles. The van der Waals surface area contributed by atoms with Gasteiger partial charge in [0, 0.05) is 0 Å². The Kier molecular flexibility index (Phi) is 1.46. The van der Waals surface area contributed by atoms with Crippen LogP contribution in [0.15, 0.2) is 30.3 Å². The Morgan fingerprint density at radius 3 is 2.75 bits per heavy atom. The standard InChI is InChI=1S/C6H7OP/c8-7-6-4-2-1-3-5-6/h1-5H,8H2/i8T. The fraction of sp³-hybridized carbons (Fsp3) is 0. The molecule has 42 valence electrons. The summed E-state index contributed by atoms with van der Waals surface area (Å²) in [6, 6.07) is 9.36. The normalized spacial score (nSPS) is 11.8. The summed E-state index contributed by atoms with van der Waals surface area (Å²) in [7, 11) is -0.215. The van der Waals surface area contributed by atoms with Gasteiger partial charge in [0.2, 0.25) is 0 Å². The van der Waals surface area contributed by atoms with Crippen molar-refractivity contribution in [3.05, 3.63) is 30.3 Å². The van der Waals surface area contributed by atoms with Gasteiger partial charge in [-0.05, 0) is 12.1 Å². The third-order valence-corrected chi connectivity index (χ3v) is 1.10. The topological polar surface area (TPSA) is 9.23 Å². The van der Waals surface area contributed by atoms with E-state index in [1.165, 1.54) is 0 Å². The van der Waals surface area contributed by atoms with Crippen molar-refractivity contribution in [2.24, 2.45) is 0 Å². The van der Waals surface area contributed by atoms with Crippen LogP contribution in [-0.2, 0) is 0 Å². The summed E-state index contributed by atoms with van der Waals surface area (Å²) in [5.74, 6) is 0.769. The maximum absolute atomic E-state index is 6.75. The lowest BCUT2D eigenvalue weighted by molar-refractivity contribution is 0.646. The molecule has 0 amide bonds. The Labute approximate surface area is 52.2 Å². The van der Waals surface area contributed by atoms with Gasteiger partial charge < -0.3 is 4.52 Å². The van der Waals surface area contributed by atoms with Crippen LogP contribution >= 0.6 is 9.41 Å². The van der Waals surface area contributed by atoms with Crippen LogP contribution in [0.4, 0.5) is 0 Å². The molecule has 0 aliphatic rings. The summed E-state index contributed by atoms with van der Waals surface area (Å²) in [6.07, 6.45) is 0. The molecule has 1 aromatic rings. The minimum absolute atomic E-state index is 0.215. The van der Waals surface area contributed by atoms with Crippen LogP contribution in [-0.4, -0.2) is 1.28 Å². The summed E-state index contributed by atoms with van der Waals surface area (Å²) in [4.78, 5) is 0. The van der Waals surface area contributed by atoms with Gasteiger partial charge in [0.25, 0.3) is 0 Å². The van der Waals surface area contributed by atoms with Gasteiger partial charge in [0.15, 0.2) is 0 Å². The second kappa shape index (κ2) is 2.68. The zero-order valence-electron chi connectivity index (χ0n) is 5.29. The van der Waals surface area contributed by atoms with Gasteiger partial charge in [-0.1, -0.05) is 18.2 Å². The summed E-state index contributed by atoms with van der Waals surface area (Å²) < 4.78 is 11.6. The molecule has 0 N–H and O–H groups in total. The average Bonchev–Trinajstić information content (AvgIpc) is 1.91. The quantitative estimate of drug-likeness (QED) is 0.552. The van der Waals surface area contributed by atoms with E-state index in [1.807, 2.05) is 30.3 Å². The van der Waals surface area contributed by atoms with Crippen LogP contribution in [0.3, 0.4) is 0 Å². The van der Waals surface area contributed by atoms with E-state index in [0.29, 0.717) is 0 Å². The van der Waals surface area contributed by atoms with E-state index in [-0.39, 0.29) is 9.41 Å². The molecule has 0 saturated carbocycles. The summed E-state index contributed by atoms with van der Waals surface area (Å²) in [6.45, 7) is 0. The van der Waals surface area contributed by atoms with Crippen molar-refractivity contribution in [3.8, 4) is 5.75 Å². The first-order chi connectivity index (χ1) is 4.43. The van der Waals surface area contributed by atoms with Gasteiger partial charge in [0.1, 0.15) is 5.75 Å². The number of benzene rings is 1. The van der Waals surface area contributed by atoms with E-state index in [9.17, 15) is 0 Å². The molecule has 0 spiro atoms. The molecule has 0 bridgehead atoms. The maximum Gasteiger partial charge on any atom is 0.122 e. The first-order valence-electron chi connectivity index (χ1n) is 2.82. The van der Waals surface area contributed by atoms with E-state index in [0.717, 1.165) is 5.75 Å². The molecule has 0 aromatic heterocycles.